The average molecular weight is 1390 g/mol. The van der Waals surface area contributed by atoms with Crippen LogP contribution in [-0.2, 0) is 87.7 Å². The molecule has 96 heavy (non-hydrogen) atoms. The second-order valence-electron chi connectivity index (χ2n) is 24.0. The molecule has 12 amide bonds. The third-order valence-electron chi connectivity index (χ3n) is 14.1. The molecule has 1 rings (SSSR count). The SMILES string of the molecule is CC[C@H](C)[C@H](NC(=O)[C@H](Cc1ccc(OP(=O)(O)O)cc1)NC(=O)[C@H](CCC(N)=O)NC(=O)[C@H](CC(C)C)NC(=O)CNC(=O)[C@H](CCC(N)=O)NC(=O)[C@@H](N)CCC(=O)O)C(=O)N[C@@H](CC(=O)O)C(=O)N[C@@H](CC(C)C)C(=O)N[C@@H](CC(=O)O)C(=O)N[C@@H](CC(C)C)C(=O)O. The van der Waals surface area contributed by atoms with Crippen LogP contribution in [0.15, 0.2) is 24.3 Å². The van der Waals surface area contributed by atoms with Crippen molar-refractivity contribution in [1.29, 1.82) is 0 Å². The van der Waals surface area contributed by atoms with Gasteiger partial charge in [-0.3, -0.25) is 81.7 Å². The molecule has 0 saturated carbocycles. The van der Waals surface area contributed by atoms with E-state index in [0.29, 0.717) is 0 Å². The number of aliphatic carboxylic acids is 4. The fourth-order valence-corrected chi connectivity index (χ4v) is 9.45. The van der Waals surface area contributed by atoms with Crippen molar-refractivity contribution in [2.75, 3.05) is 6.54 Å². The van der Waals surface area contributed by atoms with Crippen LogP contribution in [0.3, 0.4) is 0 Å². The van der Waals surface area contributed by atoms with Crippen molar-refractivity contribution < 1.29 is 116 Å². The van der Waals surface area contributed by atoms with E-state index in [9.17, 15) is 106 Å². The molecule has 0 fully saturated rings. The van der Waals surface area contributed by atoms with Gasteiger partial charge in [-0.2, -0.15) is 0 Å². The molecule has 0 aliphatic carbocycles. The molecule has 0 radical (unpaired) electrons. The van der Waals surface area contributed by atoms with Crippen molar-refractivity contribution in [3.05, 3.63) is 29.8 Å². The average Bonchev–Trinajstić information content (AvgIpc) is 0.880. The largest absolute Gasteiger partial charge is 0.524 e. The van der Waals surface area contributed by atoms with Crippen molar-refractivity contribution in [1.82, 2.24) is 53.2 Å². The lowest BCUT2D eigenvalue weighted by molar-refractivity contribution is -0.144. The Morgan fingerprint density at radius 3 is 1.28 bits per heavy atom. The zero-order chi connectivity index (χ0) is 73.5. The fraction of sp³-hybridized carbons (Fsp3) is 0.621. The van der Waals surface area contributed by atoms with Crippen molar-refractivity contribution >= 4 is 103 Å². The van der Waals surface area contributed by atoms with Crippen molar-refractivity contribution in [2.45, 2.75) is 199 Å². The van der Waals surface area contributed by atoms with Gasteiger partial charge in [0.15, 0.2) is 0 Å². The minimum Gasteiger partial charge on any atom is -0.481 e. The number of benzene rings is 1. The molecule has 0 aliphatic heterocycles. The van der Waals surface area contributed by atoms with E-state index in [2.05, 4.69) is 57.7 Å². The lowest BCUT2D eigenvalue weighted by Crippen LogP contribution is -2.61. The maximum atomic E-state index is 14.7. The monoisotopic (exact) mass is 1390 g/mol. The van der Waals surface area contributed by atoms with Crippen LogP contribution in [0.1, 0.15) is 138 Å². The van der Waals surface area contributed by atoms with Gasteiger partial charge in [0, 0.05) is 25.7 Å². The molecule has 0 aromatic heterocycles. The lowest BCUT2D eigenvalue weighted by Gasteiger charge is -2.30. The summed E-state index contributed by atoms with van der Waals surface area (Å²) in [5, 5.41) is 61.5. The maximum Gasteiger partial charge on any atom is 0.524 e. The Labute approximate surface area is 552 Å². The van der Waals surface area contributed by atoms with Crippen LogP contribution in [-0.4, -0.2) is 192 Å². The molecule has 22 N–H and O–H groups in total. The summed E-state index contributed by atoms with van der Waals surface area (Å²) >= 11 is 0. The summed E-state index contributed by atoms with van der Waals surface area (Å²) in [4.78, 5) is 228. The molecule has 11 atom stereocenters. The fourth-order valence-electron chi connectivity index (χ4n) is 9.05. The van der Waals surface area contributed by atoms with Crippen LogP contribution in [0.4, 0.5) is 0 Å². The summed E-state index contributed by atoms with van der Waals surface area (Å²) in [5.41, 5.74) is 16.6. The number of nitrogens with two attached hydrogens (primary N) is 3. The minimum atomic E-state index is -5.09. The van der Waals surface area contributed by atoms with Crippen molar-refractivity contribution in [3.63, 3.8) is 0 Å². The van der Waals surface area contributed by atoms with Crippen molar-refractivity contribution in [3.8, 4) is 5.75 Å². The molecule has 1 aromatic rings. The van der Waals surface area contributed by atoms with Gasteiger partial charge in [-0.1, -0.05) is 73.9 Å². The molecular weight excluding hydrogens is 1290 g/mol. The Kier molecular flexibility index (Phi) is 36.6. The number of hydrogen-bond acceptors (Lipinski definition) is 19. The van der Waals surface area contributed by atoms with Crippen LogP contribution in [0, 0.1) is 23.7 Å². The number of phosphoric acid groups is 1. The molecule has 37 nitrogen and oxygen atoms in total. The molecule has 0 unspecified atom stereocenters. The molecular formula is C58H92N13O24P. The van der Waals surface area contributed by atoms with Gasteiger partial charge in [-0.15, -0.1) is 0 Å². The summed E-state index contributed by atoms with van der Waals surface area (Å²) in [6, 6.07) is -12.1. The highest BCUT2D eigenvalue weighted by atomic mass is 31.2. The number of carboxylic acid groups (broad SMARTS) is 4. The molecule has 0 bridgehead atoms. The van der Waals surface area contributed by atoms with Gasteiger partial charge < -0.3 is 95.3 Å². The van der Waals surface area contributed by atoms with Gasteiger partial charge >= 0.3 is 31.7 Å². The van der Waals surface area contributed by atoms with E-state index < -0.39 is 226 Å². The number of carbonyl (C=O) groups is 16. The topological polar surface area (TPSA) is 619 Å². The summed E-state index contributed by atoms with van der Waals surface area (Å²) < 4.78 is 16.2. The number of nitrogens with one attached hydrogen (secondary N) is 10. The first kappa shape index (κ1) is 84.7. The standard InChI is InChI=1S/C58H92N13O24P/c1-9-30(8)48(57(89)69-40(25-47(79)80)54(86)66-37(21-28(4)5)53(85)68-39(24-46(77)78)55(87)70-41(58(90)91)22-29(6)7)71-56(88)38(23-31-10-12-32(13-11-31)95-96(92,93)94)67-51(83)35(16-18-43(61)73)65-52(84)36(20-27(2)3)63-44(74)26-62-50(82)34(15-17-42(60)72)64-49(81)33(59)14-19-45(75)76/h10-13,27-30,33-41,48H,9,14-26,59H2,1-8H3,(H2,60,72)(H2,61,73)(H,62,82)(H,63,74)(H,64,81)(H,65,84)(H,66,86)(H,67,83)(H,68,85)(H,69,89)(H,70,87)(H,71,88)(H,75,76)(H,77,78)(H,79,80)(H,90,91)(H2,92,93,94)/t30-,33-,34-,35-,36-,37-,38-,39-,40-,41-,48-/m0/s1. The van der Waals surface area contributed by atoms with Crippen molar-refractivity contribution in [2.24, 2.45) is 40.9 Å². The van der Waals surface area contributed by atoms with E-state index >= 15 is 0 Å². The number of phosphoric ester groups is 1. The molecule has 0 aliphatic rings. The van der Waals surface area contributed by atoms with E-state index in [0.717, 1.165) is 12.1 Å². The van der Waals surface area contributed by atoms with E-state index in [1.54, 1.807) is 48.5 Å². The number of amides is 12. The van der Waals surface area contributed by atoms with E-state index in [1.807, 2.05) is 0 Å². The maximum absolute atomic E-state index is 14.7. The van der Waals surface area contributed by atoms with Crippen LogP contribution in [0.2, 0.25) is 0 Å². The highest BCUT2D eigenvalue weighted by molar-refractivity contribution is 7.46. The highest BCUT2D eigenvalue weighted by Crippen LogP contribution is 2.37. The van der Waals surface area contributed by atoms with E-state index in [1.165, 1.54) is 19.1 Å². The predicted octanol–water partition coefficient (Wildman–Crippen LogP) is -3.88. The molecule has 1 aromatic carbocycles. The Bertz CT molecular complexity index is 2980. The quantitative estimate of drug-likeness (QED) is 0.0278. The van der Waals surface area contributed by atoms with E-state index in [-0.39, 0.29) is 61.7 Å². The first-order valence-corrected chi connectivity index (χ1v) is 32.1. The summed E-state index contributed by atoms with van der Waals surface area (Å²) in [6.07, 6.45) is -5.85. The van der Waals surface area contributed by atoms with Gasteiger partial charge in [0.05, 0.1) is 25.4 Å². The third-order valence-corrected chi connectivity index (χ3v) is 14.6. The Balaban J connectivity index is 3.77. The first-order chi connectivity index (χ1) is 44.5. The predicted molar refractivity (Wildman–Crippen MR) is 335 cm³/mol. The van der Waals surface area contributed by atoms with Crippen LogP contribution in [0.5, 0.6) is 5.75 Å². The van der Waals surface area contributed by atoms with Crippen LogP contribution < -0.4 is 74.9 Å². The number of rotatable bonds is 46. The summed E-state index contributed by atoms with van der Waals surface area (Å²) in [5.74, 6) is -21.4. The second-order valence-corrected chi connectivity index (χ2v) is 25.2. The Hall–Kier alpha value is -9.35. The molecule has 0 heterocycles. The normalized spacial score (nSPS) is 14.7. The van der Waals surface area contributed by atoms with Gasteiger partial charge in [0.2, 0.25) is 70.9 Å². The summed E-state index contributed by atoms with van der Waals surface area (Å²) in [6.45, 7) is 12.0. The number of carbonyl (C=O) groups excluding carboxylic acids is 12. The summed E-state index contributed by atoms with van der Waals surface area (Å²) in [7, 11) is -5.09. The zero-order valence-corrected chi connectivity index (χ0v) is 55.4. The van der Waals surface area contributed by atoms with Crippen LogP contribution >= 0.6 is 7.82 Å². The van der Waals surface area contributed by atoms with Crippen LogP contribution in [0.25, 0.3) is 0 Å². The third kappa shape index (κ3) is 34.2. The lowest BCUT2D eigenvalue weighted by atomic mass is 9.96. The second kappa shape index (κ2) is 41.5. The van der Waals surface area contributed by atoms with E-state index in [4.69, 9.17) is 22.3 Å². The Morgan fingerprint density at radius 1 is 0.458 bits per heavy atom. The number of carboxylic acids is 4. The molecule has 538 valence electrons. The Morgan fingerprint density at radius 2 is 0.844 bits per heavy atom. The molecule has 38 heteroatoms. The van der Waals surface area contributed by atoms with Gasteiger partial charge in [-0.25, -0.2) is 9.36 Å². The van der Waals surface area contributed by atoms with Gasteiger partial charge in [0.25, 0.3) is 0 Å². The molecule has 0 saturated heterocycles. The molecule has 0 spiro atoms. The first-order valence-electron chi connectivity index (χ1n) is 30.6. The number of hydrogen-bond donors (Lipinski definition) is 19. The minimum absolute atomic E-state index is 0.0772. The van der Waals surface area contributed by atoms with Gasteiger partial charge in [-0.05, 0) is 79.9 Å². The zero-order valence-electron chi connectivity index (χ0n) is 54.5. The smallest absolute Gasteiger partial charge is 0.481 e. The number of primary amides is 2. The highest BCUT2D eigenvalue weighted by Gasteiger charge is 2.38. The van der Waals surface area contributed by atoms with Gasteiger partial charge in [0.1, 0.15) is 60.1 Å².